The molecule has 0 aromatic heterocycles. The Bertz CT molecular complexity index is 444. The SMILES string of the molecule is COc1cc(Br)c(C(=O)N2CCC2)cc1OC. The van der Waals surface area contributed by atoms with Crippen molar-refractivity contribution < 1.29 is 14.3 Å². The Morgan fingerprint density at radius 3 is 2.29 bits per heavy atom. The molecule has 4 nitrogen and oxygen atoms in total. The van der Waals surface area contributed by atoms with Crippen LogP contribution in [0.25, 0.3) is 0 Å². The number of rotatable bonds is 3. The number of carbonyl (C=O) groups excluding carboxylic acids is 1. The van der Waals surface area contributed by atoms with E-state index in [9.17, 15) is 4.79 Å². The molecule has 1 fully saturated rings. The van der Waals surface area contributed by atoms with Crippen LogP contribution < -0.4 is 9.47 Å². The molecular weight excluding hydrogens is 286 g/mol. The number of amides is 1. The average molecular weight is 300 g/mol. The van der Waals surface area contributed by atoms with Crippen LogP contribution in [0.5, 0.6) is 11.5 Å². The van der Waals surface area contributed by atoms with E-state index in [-0.39, 0.29) is 5.91 Å². The molecule has 0 saturated carbocycles. The molecule has 1 aliphatic rings. The highest BCUT2D eigenvalue weighted by Gasteiger charge is 2.24. The number of halogens is 1. The van der Waals surface area contributed by atoms with Crippen LogP contribution in [0.1, 0.15) is 16.8 Å². The lowest BCUT2D eigenvalue weighted by Gasteiger charge is -2.31. The summed E-state index contributed by atoms with van der Waals surface area (Å²) >= 11 is 3.39. The van der Waals surface area contributed by atoms with Gasteiger partial charge in [0.2, 0.25) is 0 Å². The Hall–Kier alpha value is -1.23. The zero-order valence-corrected chi connectivity index (χ0v) is 11.4. The van der Waals surface area contributed by atoms with Crippen LogP contribution >= 0.6 is 15.9 Å². The Morgan fingerprint density at radius 1 is 1.24 bits per heavy atom. The maximum Gasteiger partial charge on any atom is 0.255 e. The van der Waals surface area contributed by atoms with Crippen LogP contribution in [-0.2, 0) is 0 Å². The van der Waals surface area contributed by atoms with Gasteiger partial charge in [-0.1, -0.05) is 0 Å². The molecule has 17 heavy (non-hydrogen) atoms. The second-order valence-electron chi connectivity index (χ2n) is 3.83. The van der Waals surface area contributed by atoms with E-state index in [4.69, 9.17) is 9.47 Å². The molecular formula is C12H14BrNO3. The van der Waals surface area contributed by atoms with Crippen molar-refractivity contribution in [1.29, 1.82) is 0 Å². The normalized spacial score (nSPS) is 14.2. The third-order valence-corrected chi connectivity index (χ3v) is 3.50. The van der Waals surface area contributed by atoms with Gasteiger partial charge in [-0.05, 0) is 34.5 Å². The molecule has 1 aromatic rings. The molecule has 1 aliphatic heterocycles. The minimum Gasteiger partial charge on any atom is -0.493 e. The molecule has 0 aliphatic carbocycles. The van der Waals surface area contributed by atoms with Crippen LogP contribution in [0, 0.1) is 0 Å². The van der Waals surface area contributed by atoms with Crippen molar-refractivity contribution in [3.8, 4) is 11.5 Å². The molecule has 92 valence electrons. The predicted molar refractivity (Wildman–Crippen MR) is 67.8 cm³/mol. The Labute approximate surface area is 109 Å². The zero-order chi connectivity index (χ0) is 12.4. The number of ether oxygens (including phenoxy) is 2. The first-order chi connectivity index (χ1) is 8.17. The van der Waals surface area contributed by atoms with E-state index in [1.165, 1.54) is 0 Å². The standard InChI is InChI=1S/C12H14BrNO3/c1-16-10-6-8(9(13)7-11(10)17-2)12(15)14-4-3-5-14/h6-7H,3-5H2,1-2H3. The van der Waals surface area contributed by atoms with Gasteiger partial charge in [0, 0.05) is 17.6 Å². The summed E-state index contributed by atoms with van der Waals surface area (Å²) in [6.45, 7) is 1.67. The van der Waals surface area contributed by atoms with Gasteiger partial charge in [0.1, 0.15) is 0 Å². The number of hydrogen-bond acceptors (Lipinski definition) is 3. The van der Waals surface area contributed by atoms with E-state index in [0.717, 1.165) is 24.0 Å². The van der Waals surface area contributed by atoms with Crippen LogP contribution in [0.15, 0.2) is 16.6 Å². The number of likely N-dealkylation sites (tertiary alicyclic amines) is 1. The highest BCUT2D eigenvalue weighted by atomic mass is 79.9. The summed E-state index contributed by atoms with van der Waals surface area (Å²) in [5, 5.41) is 0. The van der Waals surface area contributed by atoms with Gasteiger partial charge in [-0.3, -0.25) is 4.79 Å². The van der Waals surface area contributed by atoms with E-state index in [0.29, 0.717) is 17.1 Å². The Balaban J connectivity index is 2.36. The first kappa shape index (κ1) is 12.2. The van der Waals surface area contributed by atoms with Gasteiger partial charge in [0.05, 0.1) is 19.8 Å². The maximum absolute atomic E-state index is 12.1. The second kappa shape index (κ2) is 4.96. The summed E-state index contributed by atoms with van der Waals surface area (Å²) in [5.74, 6) is 1.21. The van der Waals surface area contributed by atoms with Gasteiger partial charge >= 0.3 is 0 Å². The lowest BCUT2D eigenvalue weighted by molar-refractivity contribution is 0.0650. The topological polar surface area (TPSA) is 38.8 Å². The Kier molecular flexibility index (Phi) is 3.57. The van der Waals surface area contributed by atoms with Crippen molar-refractivity contribution in [3.63, 3.8) is 0 Å². The summed E-state index contributed by atoms with van der Waals surface area (Å²) in [7, 11) is 3.13. The van der Waals surface area contributed by atoms with Gasteiger partial charge < -0.3 is 14.4 Å². The van der Waals surface area contributed by atoms with Crippen molar-refractivity contribution in [2.24, 2.45) is 0 Å². The molecule has 2 rings (SSSR count). The van der Waals surface area contributed by atoms with Gasteiger partial charge in [0.15, 0.2) is 11.5 Å². The first-order valence-corrected chi connectivity index (χ1v) is 6.17. The lowest BCUT2D eigenvalue weighted by Crippen LogP contribution is -2.42. The second-order valence-corrected chi connectivity index (χ2v) is 4.69. The van der Waals surface area contributed by atoms with E-state index in [1.54, 1.807) is 26.4 Å². The van der Waals surface area contributed by atoms with Crippen LogP contribution in [0.4, 0.5) is 0 Å². The zero-order valence-electron chi connectivity index (χ0n) is 9.83. The summed E-state index contributed by atoms with van der Waals surface area (Å²) < 4.78 is 11.1. The number of nitrogens with zero attached hydrogens (tertiary/aromatic N) is 1. The van der Waals surface area contributed by atoms with E-state index < -0.39 is 0 Å². The van der Waals surface area contributed by atoms with Crippen molar-refractivity contribution in [3.05, 3.63) is 22.2 Å². The summed E-state index contributed by atoms with van der Waals surface area (Å²) in [4.78, 5) is 13.9. The highest BCUT2D eigenvalue weighted by Crippen LogP contribution is 2.34. The molecule has 1 saturated heterocycles. The monoisotopic (exact) mass is 299 g/mol. The minimum atomic E-state index is 0.0316. The molecule has 0 bridgehead atoms. The molecule has 5 heteroatoms. The molecule has 0 radical (unpaired) electrons. The number of hydrogen-bond donors (Lipinski definition) is 0. The number of carbonyl (C=O) groups is 1. The third-order valence-electron chi connectivity index (χ3n) is 2.85. The number of benzene rings is 1. The van der Waals surface area contributed by atoms with E-state index in [1.807, 2.05) is 4.90 Å². The molecule has 0 N–H and O–H groups in total. The summed E-state index contributed by atoms with van der Waals surface area (Å²) in [6.07, 6.45) is 1.08. The predicted octanol–water partition coefficient (Wildman–Crippen LogP) is 2.31. The largest absolute Gasteiger partial charge is 0.493 e. The average Bonchev–Trinajstić information content (AvgIpc) is 2.26. The lowest BCUT2D eigenvalue weighted by atomic mass is 10.1. The maximum atomic E-state index is 12.1. The minimum absolute atomic E-state index is 0.0316. The molecule has 0 atom stereocenters. The molecule has 1 amide bonds. The summed E-state index contributed by atoms with van der Waals surface area (Å²) in [5.41, 5.74) is 0.613. The third kappa shape index (κ3) is 2.24. The van der Waals surface area contributed by atoms with Crippen LogP contribution in [0.3, 0.4) is 0 Å². The fourth-order valence-electron chi connectivity index (χ4n) is 1.71. The summed E-state index contributed by atoms with van der Waals surface area (Å²) in [6, 6.07) is 3.47. The van der Waals surface area contributed by atoms with Crippen molar-refractivity contribution in [2.45, 2.75) is 6.42 Å². The van der Waals surface area contributed by atoms with Gasteiger partial charge in [-0.2, -0.15) is 0 Å². The fourth-order valence-corrected chi connectivity index (χ4v) is 2.20. The number of methoxy groups -OCH3 is 2. The fraction of sp³-hybridized carbons (Fsp3) is 0.417. The van der Waals surface area contributed by atoms with E-state index >= 15 is 0 Å². The first-order valence-electron chi connectivity index (χ1n) is 5.38. The van der Waals surface area contributed by atoms with Gasteiger partial charge in [0.25, 0.3) is 5.91 Å². The molecule has 0 unspecified atom stereocenters. The van der Waals surface area contributed by atoms with Crippen molar-refractivity contribution in [2.75, 3.05) is 27.3 Å². The molecule has 1 aromatic carbocycles. The van der Waals surface area contributed by atoms with E-state index in [2.05, 4.69) is 15.9 Å². The van der Waals surface area contributed by atoms with Crippen molar-refractivity contribution in [1.82, 2.24) is 4.90 Å². The Morgan fingerprint density at radius 2 is 1.82 bits per heavy atom. The smallest absolute Gasteiger partial charge is 0.255 e. The van der Waals surface area contributed by atoms with Crippen LogP contribution in [0.2, 0.25) is 0 Å². The quantitative estimate of drug-likeness (QED) is 0.860. The van der Waals surface area contributed by atoms with Crippen molar-refractivity contribution >= 4 is 21.8 Å². The van der Waals surface area contributed by atoms with Crippen LogP contribution in [-0.4, -0.2) is 38.1 Å². The molecule has 0 spiro atoms. The highest BCUT2D eigenvalue weighted by molar-refractivity contribution is 9.10. The van der Waals surface area contributed by atoms with Gasteiger partial charge in [-0.25, -0.2) is 0 Å². The molecule has 1 heterocycles. The van der Waals surface area contributed by atoms with Gasteiger partial charge in [-0.15, -0.1) is 0 Å².